The van der Waals surface area contributed by atoms with Crippen molar-refractivity contribution < 1.29 is 14.7 Å². The molecular formula is C20H12BrClN2O3S. The van der Waals surface area contributed by atoms with Crippen LogP contribution in [-0.2, 0) is 9.59 Å². The Kier molecular flexibility index (Phi) is 5.05. The van der Waals surface area contributed by atoms with Crippen LogP contribution in [0.3, 0.4) is 0 Å². The van der Waals surface area contributed by atoms with Gasteiger partial charge in [0.2, 0.25) is 0 Å². The van der Waals surface area contributed by atoms with Gasteiger partial charge in [-0.05, 0) is 42.0 Å². The number of Topliss-reactive ketones (excluding diaryl/α,β-unsaturated/α-hetero) is 1. The van der Waals surface area contributed by atoms with Crippen molar-refractivity contribution in [3.05, 3.63) is 86.3 Å². The largest absolute Gasteiger partial charge is 0.507 e. The number of benzene rings is 2. The topological polar surface area (TPSA) is 70.5 Å². The number of hydrogen-bond acceptors (Lipinski definition) is 5. The first-order chi connectivity index (χ1) is 13.5. The second-order valence-electron chi connectivity index (χ2n) is 6.05. The van der Waals surface area contributed by atoms with E-state index in [1.54, 1.807) is 41.9 Å². The van der Waals surface area contributed by atoms with E-state index in [0.717, 1.165) is 4.47 Å². The fourth-order valence-corrected chi connectivity index (χ4v) is 4.33. The molecule has 3 aromatic rings. The molecule has 1 amide bonds. The molecule has 1 fully saturated rings. The predicted molar refractivity (Wildman–Crippen MR) is 112 cm³/mol. The zero-order valence-electron chi connectivity index (χ0n) is 14.2. The second kappa shape index (κ2) is 7.50. The third-order valence-electron chi connectivity index (χ3n) is 4.35. The Morgan fingerprint density at radius 1 is 1.18 bits per heavy atom. The highest BCUT2D eigenvalue weighted by molar-refractivity contribution is 9.10. The Morgan fingerprint density at radius 3 is 2.57 bits per heavy atom. The lowest BCUT2D eigenvalue weighted by Crippen LogP contribution is -2.29. The minimum Gasteiger partial charge on any atom is -0.507 e. The van der Waals surface area contributed by atoms with Crippen molar-refractivity contribution in [3.8, 4) is 0 Å². The summed E-state index contributed by atoms with van der Waals surface area (Å²) < 4.78 is 0.793. The Labute approximate surface area is 178 Å². The maximum atomic E-state index is 12.9. The van der Waals surface area contributed by atoms with E-state index in [2.05, 4.69) is 20.9 Å². The van der Waals surface area contributed by atoms with Crippen LogP contribution in [0.5, 0.6) is 0 Å². The van der Waals surface area contributed by atoms with E-state index in [1.807, 2.05) is 18.2 Å². The number of nitrogens with zero attached hydrogens (tertiary/aromatic N) is 2. The summed E-state index contributed by atoms with van der Waals surface area (Å²) in [5, 5.41) is 13.5. The van der Waals surface area contributed by atoms with Gasteiger partial charge in [0.15, 0.2) is 5.13 Å². The Hall–Kier alpha value is -2.48. The molecule has 0 radical (unpaired) electrons. The van der Waals surface area contributed by atoms with E-state index >= 15 is 0 Å². The van der Waals surface area contributed by atoms with Gasteiger partial charge < -0.3 is 5.11 Å². The fourth-order valence-electron chi connectivity index (χ4n) is 3.12. The zero-order chi connectivity index (χ0) is 19.8. The number of aromatic nitrogens is 1. The lowest BCUT2D eigenvalue weighted by Gasteiger charge is -2.23. The standard InChI is InChI=1S/C20H12BrClN2O3S/c21-13-3-1-2-12(10-13)16-15(17(25)11-4-6-14(22)7-5-11)18(26)19(27)24(16)20-23-8-9-28-20/h1-10,16,25H/t16-/m0/s1. The zero-order valence-corrected chi connectivity index (χ0v) is 17.3. The molecular weight excluding hydrogens is 464 g/mol. The average Bonchev–Trinajstić information content (AvgIpc) is 3.29. The third-order valence-corrected chi connectivity index (χ3v) is 5.87. The van der Waals surface area contributed by atoms with Crippen molar-refractivity contribution in [2.24, 2.45) is 0 Å². The lowest BCUT2D eigenvalue weighted by molar-refractivity contribution is -0.132. The van der Waals surface area contributed by atoms with Crippen LogP contribution in [0.2, 0.25) is 5.02 Å². The van der Waals surface area contributed by atoms with E-state index in [9.17, 15) is 14.7 Å². The van der Waals surface area contributed by atoms with Crippen LogP contribution in [0.15, 0.2) is 70.2 Å². The van der Waals surface area contributed by atoms with Crippen LogP contribution >= 0.6 is 38.9 Å². The van der Waals surface area contributed by atoms with E-state index in [1.165, 1.54) is 16.2 Å². The first kappa shape index (κ1) is 18.9. The molecule has 1 aliphatic heterocycles. The molecule has 0 aliphatic carbocycles. The van der Waals surface area contributed by atoms with Crippen molar-refractivity contribution in [1.29, 1.82) is 0 Å². The van der Waals surface area contributed by atoms with Gasteiger partial charge in [-0.15, -0.1) is 11.3 Å². The van der Waals surface area contributed by atoms with Gasteiger partial charge in [0, 0.05) is 26.6 Å². The van der Waals surface area contributed by atoms with Gasteiger partial charge >= 0.3 is 5.91 Å². The number of aliphatic hydroxyl groups is 1. The maximum Gasteiger partial charge on any atom is 0.301 e. The molecule has 0 bridgehead atoms. The smallest absolute Gasteiger partial charge is 0.301 e. The second-order valence-corrected chi connectivity index (χ2v) is 8.27. The molecule has 1 aromatic heterocycles. The van der Waals surface area contributed by atoms with Gasteiger partial charge in [-0.1, -0.05) is 39.7 Å². The number of carbonyl (C=O) groups excluding carboxylic acids is 2. The molecule has 1 saturated heterocycles. The summed E-state index contributed by atoms with van der Waals surface area (Å²) >= 11 is 10.6. The summed E-state index contributed by atoms with van der Waals surface area (Å²) in [6.45, 7) is 0. The van der Waals surface area contributed by atoms with Crippen molar-refractivity contribution >= 4 is 61.4 Å². The average molecular weight is 476 g/mol. The predicted octanol–water partition coefficient (Wildman–Crippen LogP) is 5.19. The van der Waals surface area contributed by atoms with E-state index in [-0.39, 0.29) is 11.3 Å². The minimum atomic E-state index is -0.792. The monoisotopic (exact) mass is 474 g/mol. The molecule has 1 N–H and O–H groups in total. The third kappa shape index (κ3) is 3.26. The van der Waals surface area contributed by atoms with Gasteiger partial charge in [0.05, 0.1) is 11.6 Å². The van der Waals surface area contributed by atoms with Crippen molar-refractivity contribution in [1.82, 2.24) is 4.98 Å². The molecule has 5 nitrogen and oxygen atoms in total. The molecule has 1 aliphatic rings. The van der Waals surface area contributed by atoms with Gasteiger partial charge in [-0.3, -0.25) is 14.5 Å². The number of thiazole rings is 1. The quantitative estimate of drug-likeness (QED) is 0.322. The molecule has 1 atom stereocenters. The first-order valence-corrected chi connectivity index (χ1v) is 10.2. The van der Waals surface area contributed by atoms with Crippen LogP contribution in [0.4, 0.5) is 5.13 Å². The summed E-state index contributed by atoms with van der Waals surface area (Å²) in [7, 11) is 0. The van der Waals surface area contributed by atoms with Crippen LogP contribution in [0, 0.1) is 0 Å². The highest BCUT2D eigenvalue weighted by Gasteiger charge is 2.47. The number of amides is 1. The first-order valence-electron chi connectivity index (χ1n) is 8.19. The summed E-state index contributed by atoms with van der Waals surface area (Å²) in [5.74, 6) is -1.73. The molecule has 8 heteroatoms. The van der Waals surface area contributed by atoms with E-state index in [4.69, 9.17) is 11.6 Å². The number of halogens is 2. The molecule has 0 spiro atoms. The Balaban J connectivity index is 1.95. The highest BCUT2D eigenvalue weighted by Crippen LogP contribution is 2.43. The Morgan fingerprint density at radius 2 is 1.93 bits per heavy atom. The van der Waals surface area contributed by atoms with Crippen molar-refractivity contribution in [2.45, 2.75) is 6.04 Å². The van der Waals surface area contributed by atoms with E-state index in [0.29, 0.717) is 21.3 Å². The molecule has 140 valence electrons. The van der Waals surface area contributed by atoms with Gasteiger partial charge in [0.25, 0.3) is 5.78 Å². The number of rotatable bonds is 3. The lowest BCUT2D eigenvalue weighted by atomic mass is 9.95. The highest BCUT2D eigenvalue weighted by atomic mass is 79.9. The number of ketones is 1. The fraction of sp³-hybridized carbons (Fsp3) is 0.0500. The number of hydrogen-bond donors (Lipinski definition) is 1. The maximum absolute atomic E-state index is 12.9. The van der Waals surface area contributed by atoms with E-state index < -0.39 is 17.7 Å². The van der Waals surface area contributed by atoms with Crippen LogP contribution in [0.25, 0.3) is 5.76 Å². The Bertz CT molecular complexity index is 1100. The van der Waals surface area contributed by atoms with Gasteiger partial charge in [-0.2, -0.15) is 0 Å². The molecule has 0 saturated carbocycles. The normalized spacial score (nSPS) is 18.6. The SMILES string of the molecule is O=C1C(=O)N(c2nccs2)[C@@H](c2cccc(Br)c2)C1=C(O)c1ccc(Cl)cc1. The van der Waals surface area contributed by atoms with Crippen molar-refractivity contribution in [2.75, 3.05) is 4.90 Å². The van der Waals surface area contributed by atoms with Crippen LogP contribution < -0.4 is 4.90 Å². The number of anilines is 1. The summed E-state index contributed by atoms with van der Waals surface area (Å²) in [6, 6.07) is 12.9. The molecule has 2 aromatic carbocycles. The molecule has 4 rings (SSSR count). The number of aliphatic hydroxyl groups excluding tert-OH is 1. The summed E-state index contributed by atoms with van der Waals surface area (Å²) in [5.41, 5.74) is 1.10. The molecule has 28 heavy (non-hydrogen) atoms. The summed E-state index contributed by atoms with van der Waals surface area (Å²) in [4.78, 5) is 31.3. The van der Waals surface area contributed by atoms with Crippen LogP contribution in [0.1, 0.15) is 17.2 Å². The van der Waals surface area contributed by atoms with Gasteiger partial charge in [0.1, 0.15) is 5.76 Å². The van der Waals surface area contributed by atoms with Gasteiger partial charge in [-0.25, -0.2) is 4.98 Å². The molecule has 0 unspecified atom stereocenters. The summed E-state index contributed by atoms with van der Waals surface area (Å²) in [6.07, 6.45) is 1.57. The number of carbonyl (C=O) groups is 2. The molecule has 2 heterocycles. The van der Waals surface area contributed by atoms with Crippen molar-refractivity contribution in [3.63, 3.8) is 0 Å². The van der Waals surface area contributed by atoms with Crippen LogP contribution in [-0.4, -0.2) is 21.8 Å². The minimum absolute atomic E-state index is 0.0145.